The molecule has 20 heavy (non-hydrogen) atoms. The van der Waals surface area contributed by atoms with Gasteiger partial charge in [0, 0.05) is 30.4 Å². The minimum atomic E-state index is -0.0214. The van der Waals surface area contributed by atoms with E-state index in [4.69, 9.17) is 0 Å². The van der Waals surface area contributed by atoms with Crippen LogP contribution in [-0.2, 0) is 4.79 Å². The highest BCUT2D eigenvalue weighted by atomic mass is 16.2. The topological polar surface area (TPSA) is 59.3 Å². The first kappa shape index (κ1) is 12.6. The third kappa shape index (κ3) is 2.22. The average Bonchev–Trinajstić information content (AvgIpc) is 2.85. The summed E-state index contributed by atoms with van der Waals surface area (Å²) in [7, 11) is 0. The molecule has 0 radical (unpaired) electrons. The number of hydrazone groups is 1. The number of benzene rings is 1. The number of amides is 1. The van der Waals surface area contributed by atoms with Gasteiger partial charge in [-0.05, 0) is 24.6 Å². The molecule has 1 aliphatic rings. The van der Waals surface area contributed by atoms with E-state index in [0.29, 0.717) is 6.42 Å². The van der Waals surface area contributed by atoms with Crippen LogP contribution in [-0.4, -0.2) is 21.2 Å². The summed E-state index contributed by atoms with van der Waals surface area (Å²) in [5.74, 6) is 1.07. The molecule has 0 spiro atoms. The quantitative estimate of drug-likeness (QED) is 0.906. The van der Waals surface area contributed by atoms with Crippen LogP contribution in [0, 0.1) is 12.8 Å². The maximum absolute atomic E-state index is 11.3. The molecule has 0 bridgehead atoms. The van der Waals surface area contributed by atoms with Crippen LogP contribution in [0.1, 0.15) is 24.7 Å². The highest BCUT2D eigenvalue weighted by Gasteiger charge is 2.21. The summed E-state index contributed by atoms with van der Waals surface area (Å²) >= 11 is 0. The second-order valence-corrected chi connectivity index (χ2v) is 5.03. The van der Waals surface area contributed by atoms with Crippen LogP contribution in [0.15, 0.2) is 41.8 Å². The molecule has 1 N–H and O–H groups in total. The van der Waals surface area contributed by atoms with E-state index in [9.17, 15) is 4.79 Å². The van der Waals surface area contributed by atoms with Gasteiger partial charge in [-0.1, -0.05) is 19.1 Å². The van der Waals surface area contributed by atoms with Gasteiger partial charge < -0.3 is 4.57 Å². The molecule has 0 fully saturated rings. The van der Waals surface area contributed by atoms with Gasteiger partial charge in [0.2, 0.25) is 5.91 Å². The molecule has 1 amide bonds. The summed E-state index contributed by atoms with van der Waals surface area (Å²) in [4.78, 5) is 15.5. The van der Waals surface area contributed by atoms with Crippen molar-refractivity contribution < 1.29 is 4.79 Å². The van der Waals surface area contributed by atoms with Gasteiger partial charge in [-0.2, -0.15) is 5.10 Å². The van der Waals surface area contributed by atoms with Gasteiger partial charge in [0.1, 0.15) is 5.82 Å². The van der Waals surface area contributed by atoms with Crippen molar-refractivity contribution in [2.24, 2.45) is 11.0 Å². The summed E-state index contributed by atoms with van der Waals surface area (Å²) in [6, 6.07) is 8.13. The molecule has 5 heteroatoms. The van der Waals surface area contributed by atoms with Crippen molar-refractivity contribution in [1.29, 1.82) is 0 Å². The Hall–Kier alpha value is -2.43. The molecule has 0 saturated heterocycles. The van der Waals surface area contributed by atoms with Gasteiger partial charge in [-0.25, -0.2) is 10.4 Å². The van der Waals surface area contributed by atoms with Gasteiger partial charge in [-0.15, -0.1) is 0 Å². The highest BCUT2D eigenvalue weighted by Crippen LogP contribution is 2.18. The maximum Gasteiger partial charge on any atom is 0.240 e. The number of aryl methyl sites for hydroxylation is 1. The van der Waals surface area contributed by atoms with Crippen LogP contribution in [0.4, 0.5) is 0 Å². The predicted octanol–water partition coefficient (Wildman–Crippen LogP) is 2.04. The lowest BCUT2D eigenvalue weighted by Gasteiger charge is -2.19. The Bertz CT molecular complexity index is 669. The van der Waals surface area contributed by atoms with Crippen LogP contribution >= 0.6 is 0 Å². The molecule has 1 aromatic heterocycles. The van der Waals surface area contributed by atoms with Crippen molar-refractivity contribution in [2.45, 2.75) is 20.3 Å². The van der Waals surface area contributed by atoms with Crippen molar-refractivity contribution in [3.8, 4) is 5.69 Å². The normalized spacial score (nSPS) is 18.6. The Labute approximate surface area is 117 Å². The van der Waals surface area contributed by atoms with Crippen molar-refractivity contribution in [1.82, 2.24) is 15.0 Å². The van der Waals surface area contributed by atoms with E-state index in [-0.39, 0.29) is 11.8 Å². The summed E-state index contributed by atoms with van der Waals surface area (Å²) in [6.07, 6.45) is 4.21. The first-order chi connectivity index (χ1) is 9.65. The summed E-state index contributed by atoms with van der Waals surface area (Å²) in [6.45, 7) is 3.99. The Morgan fingerprint density at radius 2 is 2.05 bits per heavy atom. The van der Waals surface area contributed by atoms with Crippen molar-refractivity contribution in [3.05, 3.63) is 48.0 Å². The number of carbonyl (C=O) groups is 1. The van der Waals surface area contributed by atoms with Crippen LogP contribution in [0.5, 0.6) is 0 Å². The molecule has 5 nitrogen and oxygen atoms in total. The van der Waals surface area contributed by atoms with Crippen LogP contribution in [0.25, 0.3) is 5.69 Å². The molecule has 2 heterocycles. The number of nitrogens with zero attached hydrogens (tertiary/aromatic N) is 3. The lowest BCUT2D eigenvalue weighted by Crippen LogP contribution is -2.31. The van der Waals surface area contributed by atoms with Gasteiger partial charge >= 0.3 is 0 Å². The first-order valence-corrected chi connectivity index (χ1v) is 6.62. The second-order valence-electron chi connectivity index (χ2n) is 5.03. The highest BCUT2D eigenvalue weighted by molar-refractivity contribution is 6.05. The second kappa shape index (κ2) is 4.92. The lowest BCUT2D eigenvalue weighted by molar-refractivity contribution is -0.121. The monoisotopic (exact) mass is 268 g/mol. The fourth-order valence-corrected chi connectivity index (χ4v) is 2.45. The third-order valence-electron chi connectivity index (χ3n) is 3.53. The number of imidazole rings is 1. The van der Waals surface area contributed by atoms with Gasteiger partial charge in [0.15, 0.2) is 0 Å². The summed E-state index contributed by atoms with van der Waals surface area (Å²) in [5.41, 5.74) is 5.58. The largest absolute Gasteiger partial charge is 0.304 e. The smallest absolute Gasteiger partial charge is 0.240 e. The predicted molar refractivity (Wildman–Crippen MR) is 76.8 cm³/mol. The first-order valence-electron chi connectivity index (χ1n) is 6.62. The molecule has 1 unspecified atom stereocenters. The van der Waals surface area contributed by atoms with Crippen molar-refractivity contribution >= 4 is 11.6 Å². The maximum atomic E-state index is 11.3. The average molecular weight is 268 g/mol. The van der Waals surface area contributed by atoms with E-state index in [1.807, 2.05) is 48.9 Å². The zero-order valence-electron chi connectivity index (χ0n) is 11.5. The minimum Gasteiger partial charge on any atom is -0.304 e. The molecular formula is C15H16N4O. The van der Waals surface area contributed by atoms with E-state index in [0.717, 1.165) is 22.8 Å². The number of rotatable bonds is 2. The Kier molecular flexibility index (Phi) is 3.10. The fourth-order valence-electron chi connectivity index (χ4n) is 2.45. The molecule has 102 valence electrons. The van der Waals surface area contributed by atoms with E-state index in [1.54, 1.807) is 6.20 Å². The Balaban J connectivity index is 1.91. The van der Waals surface area contributed by atoms with Gasteiger partial charge in [-0.3, -0.25) is 4.79 Å². The zero-order valence-corrected chi connectivity index (χ0v) is 11.5. The zero-order chi connectivity index (χ0) is 14.1. The molecule has 0 saturated carbocycles. The Morgan fingerprint density at radius 3 is 2.65 bits per heavy atom. The Morgan fingerprint density at radius 1 is 1.30 bits per heavy atom. The molecule has 3 rings (SSSR count). The van der Waals surface area contributed by atoms with E-state index < -0.39 is 0 Å². The molecule has 1 aliphatic heterocycles. The SMILES string of the molecule is Cc1nccn1-c1ccc(C2=NNC(=O)CC2C)cc1. The molecule has 1 aromatic carbocycles. The molecule has 1 atom stereocenters. The van der Waals surface area contributed by atoms with E-state index >= 15 is 0 Å². The summed E-state index contributed by atoms with van der Waals surface area (Å²) < 4.78 is 2.03. The van der Waals surface area contributed by atoms with Crippen molar-refractivity contribution in [3.63, 3.8) is 0 Å². The third-order valence-corrected chi connectivity index (χ3v) is 3.53. The number of nitrogens with one attached hydrogen (secondary N) is 1. The summed E-state index contributed by atoms with van der Waals surface area (Å²) in [5, 5.41) is 4.17. The van der Waals surface area contributed by atoms with Gasteiger partial charge in [0.25, 0.3) is 0 Å². The van der Waals surface area contributed by atoms with Gasteiger partial charge in [0.05, 0.1) is 5.71 Å². The fraction of sp³-hybridized carbons (Fsp3) is 0.267. The lowest BCUT2D eigenvalue weighted by atomic mass is 9.94. The number of aromatic nitrogens is 2. The van der Waals surface area contributed by atoms with E-state index in [2.05, 4.69) is 15.5 Å². The van der Waals surface area contributed by atoms with Crippen LogP contribution in [0.2, 0.25) is 0 Å². The molecule has 2 aromatic rings. The number of carbonyl (C=O) groups excluding carboxylic acids is 1. The molecule has 0 aliphatic carbocycles. The number of hydrogen-bond donors (Lipinski definition) is 1. The minimum absolute atomic E-state index is 0.0214. The van der Waals surface area contributed by atoms with Crippen LogP contribution < -0.4 is 5.43 Å². The standard InChI is InChI=1S/C15H16N4O/c1-10-9-14(20)17-18-15(10)12-3-5-13(6-4-12)19-8-7-16-11(19)2/h3-8,10H,9H2,1-2H3,(H,17,20). The molecular weight excluding hydrogens is 252 g/mol. The van der Waals surface area contributed by atoms with E-state index in [1.165, 1.54) is 0 Å². The van der Waals surface area contributed by atoms with Crippen molar-refractivity contribution in [2.75, 3.05) is 0 Å². The van der Waals surface area contributed by atoms with Crippen LogP contribution in [0.3, 0.4) is 0 Å². The number of hydrogen-bond acceptors (Lipinski definition) is 3.